The Balaban J connectivity index is 1.55. The lowest BCUT2D eigenvalue weighted by molar-refractivity contribution is -0.122. The molecule has 170 valence electrons. The molecule has 33 heavy (non-hydrogen) atoms. The predicted octanol–water partition coefficient (Wildman–Crippen LogP) is 6.67. The Hall–Kier alpha value is -2.83. The van der Waals surface area contributed by atoms with Gasteiger partial charge in [-0.3, -0.25) is 9.69 Å². The van der Waals surface area contributed by atoms with E-state index in [1.807, 2.05) is 49.4 Å². The van der Waals surface area contributed by atoms with E-state index < -0.39 is 0 Å². The fraction of sp³-hybridized carbons (Fsp3) is 0.259. The molecule has 1 aliphatic heterocycles. The van der Waals surface area contributed by atoms with Gasteiger partial charge in [-0.2, -0.15) is 0 Å². The first-order chi connectivity index (χ1) is 16.0. The number of carbonyl (C=O) groups is 1. The minimum Gasteiger partial charge on any atom is -0.490 e. The molecule has 4 rings (SSSR count). The lowest BCUT2D eigenvalue weighted by atomic mass is 10.1. The number of fused-ring (bicyclic) bond motifs is 1. The number of carbonyl (C=O) groups excluding carboxylic acids is 1. The summed E-state index contributed by atoms with van der Waals surface area (Å²) in [6.07, 6.45) is 1.87. The van der Waals surface area contributed by atoms with Gasteiger partial charge in [0, 0.05) is 6.54 Å². The predicted molar refractivity (Wildman–Crippen MR) is 141 cm³/mol. The number of rotatable bonds is 8. The van der Waals surface area contributed by atoms with E-state index in [-0.39, 0.29) is 5.91 Å². The molecule has 0 unspecified atom stereocenters. The number of ether oxygens (including phenoxy) is 2. The fourth-order valence-electron chi connectivity index (χ4n) is 3.75. The van der Waals surface area contributed by atoms with E-state index >= 15 is 0 Å². The molecule has 0 saturated carbocycles. The summed E-state index contributed by atoms with van der Waals surface area (Å²) in [6.45, 7) is 7.69. The van der Waals surface area contributed by atoms with Crippen LogP contribution >= 0.6 is 24.0 Å². The molecule has 0 radical (unpaired) electrons. The van der Waals surface area contributed by atoms with Gasteiger partial charge in [-0.1, -0.05) is 86.4 Å². The van der Waals surface area contributed by atoms with Crippen molar-refractivity contribution < 1.29 is 14.3 Å². The normalized spacial score (nSPS) is 15.2. The Bertz CT molecular complexity index is 1210. The Labute approximate surface area is 204 Å². The maximum absolute atomic E-state index is 12.8. The van der Waals surface area contributed by atoms with E-state index in [1.54, 1.807) is 4.90 Å². The Morgan fingerprint density at radius 3 is 2.61 bits per heavy atom. The maximum Gasteiger partial charge on any atom is 0.266 e. The average Bonchev–Trinajstić information content (AvgIpc) is 3.05. The van der Waals surface area contributed by atoms with Crippen LogP contribution in [0.1, 0.15) is 31.9 Å². The van der Waals surface area contributed by atoms with Gasteiger partial charge >= 0.3 is 0 Å². The van der Waals surface area contributed by atoms with Crippen LogP contribution in [-0.4, -0.2) is 28.3 Å². The third-order valence-electron chi connectivity index (χ3n) is 5.25. The molecule has 1 aliphatic rings. The minimum atomic E-state index is -0.0343. The largest absolute Gasteiger partial charge is 0.490 e. The molecule has 0 N–H and O–H groups in total. The van der Waals surface area contributed by atoms with Crippen LogP contribution in [0, 0.1) is 5.92 Å². The second kappa shape index (κ2) is 10.4. The molecule has 1 amide bonds. The molecular formula is C27H27NO3S2. The zero-order valence-electron chi connectivity index (χ0n) is 19.0. The molecule has 0 aromatic heterocycles. The molecule has 1 heterocycles. The molecule has 3 aromatic carbocycles. The van der Waals surface area contributed by atoms with E-state index in [9.17, 15) is 4.79 Å². The standard InChI is InChI=1S/C27H27NO3S2/c1-4-30-24-14-19(15-25-26(29)28(16-18(2)3)27(32)33-25)12-13-23(24)31-17-21-10-7-9-20-8-5-6-11-22(20)21/h5-15,18H,4,16-17H2,1-3H3/b25-15-. The van der Waals surface area contributed by atoms with Crippen molar-refractivity contribution in [2.45, 2.75) is 27.4 Å². The van der Waals surface area contributed by atoms with Crippen LogP contribution in [0.4, 0.5) is 0 Å². The van der Waals surface area contributed by atoms with Crippen LogP contribution in [0.3, 0.4) is 0 Å². The molecule has 4 nitrogen and oxygen atoms in total. The second-order valence-electron chi connectivity index (χ2n) is 8.25. The number of thiocarbonyl (C=S) groups is 1. The van der Waals surface area contributed by atoms with Gasteiger partial charge < -0.3 is 9.47 Å². The van der Waals surface area contributed by atoms with Crippen LogP contribution in [0.25, 0.3) is 16.8 Å². The van der Waals surface area contributed by atoms with Gasteiger partial charge in [0.15, 0.2) is 11.5 Å². The van der Waals surface area contributed by atoms with Gasteiger partial charge in [0.25, 0.3) is 5.91 Å². The molecular weight excluding hydrogens is 450 g/mol. The van der Waals surface area contributed by atoms with Crippen molar-refractivity contribution in [2.24, 2.45) is 5.92 Å². The lowest BCUT2D eigenvalue weighted by Crippen LogP contribution is -2.31. The minimum absolute atomic E-state index is 0.0343. The summed E-state index contributed by atoms with van der Waals surface area (Å²) in [5.74, 6) is 1.65. The van der Waals surface area contributed by atoms with Crippen molar-refractivity contribution in [1.29, 1.82) is 0 Å². The highest BCUT2D eigenvalue weighted by atomic mass is 32.2. The molecule has 0 aliphatic carbocycles. The van der Waals surface area contributed by atoms with Crippen LogP contribution in [0.5, 0.6) is 11.5 Å². The molecule has 3 aromatic rings. The summed E-state index contributed by atoms with van der Waals surface area (Å²) in [5, 5.41) is 2.37. The van der Waals surface area contributed by atoms with Crippen molar-refractivity contribution in [1.82, 2.24) is 4.90 Å². The van der Waals surface area contributed by atoms with E-state index in [2.05, 4.69) is 38.1 Å². The van der Waals surface area contributed by atoms with Crippen molar-refractivity contribution in [3.63, 3.8) is 0 Å². The van der Waals surface area contributed by atoms with E-state index in [0.29, 0.717) is 46.4 Å². The Morgan fingerprint density at radius 2 is 1.82 bits per heavy atom. The van der Waals surface area contributed by atoms with Crippen LogP contribution in [0.2, 0.25) is 0 Å². The summed E-state index contributed by atoms with van der Waals surface area (Å²) in [6, 6.07) is 20.3. The summed E-state index contributed by atoms with van der Waals surface area (Å²) in [5.41, 5.74) is 1.99. The lowest BCUT2D eigenvalue weighted by Gasteiger charge is -2.16. The number of amides is 1. The van der Waals surface area contributed by atoms with E-state index in [0.717, 1.165) is 11.1 Å². The summed E-state index contributed by atoms with van der Waals surface area (Å²) < 4.78 is 12.6. The SMILES string of the molecule is CCOc1cc(/C=C2\SC(=S)N(CC(C)C)C2=O)ccc1OCc1cccc2ccccc12. The maximum atomic E-state index is 12.8. The third kappa shape index (κ3) is 5.40. The summed E-state index contributed by atoms with van der Waals surface area (Å²) in [4.78, 5) is 15.1. The molecule has 1 saturated heterocycles. The molecule has 1 fully saturated rings. The highest BCUT2D eigenvalue weighted by Gasteiger charge is 2.32. The van der Waals surface area contributed by atoms with E-state index in [1.165, 1.54) is 22.5 Å². The second-order valence-corrected chi connectivity index (χ2v) is 9.93. The van der Waals surface area contributed by atoms with Gasteiger partial charge in [0.05, 0.1) is 11.5 Å². The first-order valence-electron chi connectivity index (χ1n) is 11.1. The van der Waals surface area contributed by atoms with Crippen molar-refractivity contribution in [3.8, 4) is 11.5 Å². The van der Waals surface area contributed by atoms with E-state index in [4.69, 9.17) is 21.7 Å². The van der Waals surface area contributed by atoms with Gasteiger partial charge in [-0.15, -0.1) is 0 Å². The summed E-state index contributed by atoms with van der Waals surface area (Å²) >= 11 is 6.76. The number of nitrogens with zero attached hydrogens (tertiary/aromatic N) is 1. The van der Waals surface area contributed by atoms with Gasteiger partial charge in [-0.05, 0) is 52.9 Å². The number of hydrogen-bond donors (Lipinski definition) is 0. The van der Waals surface area contributed by atoms with Crippen LogP contribution in [-0.2, 0) is 11.4 Å². The quantitative estimate of drug-likeness (QED) is 0.267. The van der Waals surface area contributed by atoms with Crippen molar-refractivity contribution in [2.75, 3.05) is 13.2 Å². The molecule has 0 atom stereocenters. The Morgan fingerprint density at radius 1 is 1.03 bits per heavy atom. The highest BCUT2D eigenvalue weighted by Crippen LogP contribution is 2.35. The number of thioether (sulfide) groups is 1. The topological polar surface area (TPSA) is 38.8 Å². The summed E-state index contributed by atoms with van der Waals surface area (Å²) in [7, 11) is 0. The fourth-order valence-corrected chi connectivity index (χ4v) is 5.02. The number of hydrogen-bond acceptors (Lipinski definition) is 5. The highest BCUT2D eigenvalue weighted by molar-refractivity contribution is 8.26. The van der Waals surface area contributed by atoms with Gasteiger partial charge in [-0.25, -0.2) is 0 Å². The monoisotopic (exact) mass is 477 g/mol. The molecule has 6 heteroatoms. The van der Waals surface area contributed by atoms with Gasteiger partial charge in [0.2, 0.25) is 0 Å². The number of benzene rings is 3. The van der Waals surface area contributed by atoms with Gasteiger partial charge in [0.1, 0.15) is 10.9 Å². The van der Waals surface area contributed by atoms with Crippen molar-refractivity contribution >= 4 is 51.1 Å². The van der Waals surface area contributed by atoms with Crippen molar-refractivity contribution in [3.05, 3.63) is 76.7 Å². The zero-order valence-corrected chi connectivity index (χ0v) is 20.7. The van der Waals surface area contributed by atoms with Crippen LogP contribution in [0.15, 0.2) is 65.6 Å². The smallest absolute Gasteiger partial charge is 0.266 e. The first kappa shape index (κ1) is 23.3. The molecule has 0 bridgehead atoms. The third-order valence-corrected chi connectivity index (χ3v) is 6.63. The Kier molecular flexibility index (Phi) is 7.36. The molecule has 0 spiro atoms. The average molecular weight is 478 g/mol. The zero-order chi connectivity index (χ0) is 23.4. The van der Waals surface area contributed by atoms with Crippen LogP contribution < -0.4 is 9.47 Å². The first-order valence-corrected chi connectivity index (χ1v) is 12.3.